The molecule has 0 atom stereocenters. The fraction of sp³-hybridized carbons (Fsp3) is 0.167. The van der Waals surface area contributed by atoms with Gasteiger partial charge in [0.05, 0.1) is 18.1 Å². The highest BCUT2D eigenvalue weighted by Gasteiger charge is 2.12. The van der Waals surface area contributed by atoms with Crippen LogP contribution in [0.1, 0.15) is 12.5 Å². The number of benzene rings is 1. The van der Waals surface area contributed by atoms with Gasteiger partial charge >= 0.3 is 0 Å². The summed E-state index contributed by atoms with van der Waals surface area (Å²) < 4.78 is 3.86. The van der Waals surface area contributed by atoms with Crippen LogP contribution in [0.4, 0.5) is 0 Å². The first-order valence-electron chi connectivity index (χ1n) is 7.99. The lowest BCUT2D eigenvalue weighted by Gasteiger charge is -2.04. The van der Waals surface area contributed by atoms with Crippen molar-refractivity contribution in [2.75, 3.05) is 0 Å². The van der Waals surface area contributed by atoms with Crippen molar-refractivity contribution in [2.45, 2.75) is 20.0 Å². The van der Waals surface area contributed by atoms with E-state index in [2.05, 4.69) is 10.1 Å². The molecule has 0 saturated carbocycles. The molecule has 7 heteroatoms. The van der Waals surface area contributed by atoms with Crippen LogP contribution in [0, 0.1) is 4.77 Å². The minimum Gasteiger partial charge on any atom is -0.323 e. The van der Waals surface area contributed by atoms with E-state index in [1.165, 1.54) is 0 Å². The summed E-state index contributed by atoms with van der Waals surface area (Å²) in [6.07, 6.45) is 3.71. The summed E-state index contributed by atoms with van der Waals surface area (Å²) in [6, 6.07) is 12.0. The number of hydrogen-bond donors (Lipinski definition) is 1. The Morgan fingerprint density at radius 3 is 2.80 bits per heavy atom. The maximum atomic E-state index is 12.9. The fourth-order valence-corrected chi connectivity index (χ4v) is 4.15. The van der Waals surface area contributed by atoms with Gasteiger partial charge in [0.25, 0.3) is 5.56 Å². The van der Waals surface area contributed by atoms with Crippen LogP contribution in [0.15, 0.2) is 53.6 Å². The van der Waals surface area contributed by atoms with Gasteiger partial charge in [-0.1, -0.05) is 30.3 Å². The summed E-state index contributed by atoms with van der Waals surface area (Å²) >= 11 is 6.96. The molecule has 3 heterocycles. The van der Waals surface area contributed by atoms with E-state index in [4.69, 9.17) is 12.2 Å². The second-order valence-electron chi connectivity index (χ2n) is 5.75. The zero-order chi connectivity index (χ0) is 17.4. The van der Waals surface area contributed by atoms with Crippen molar-refractivity contribution in [3.05, 3.63) is 69.5 Å². The van der Waals surface area contributed by atoms with Crippen molar-refractivity contribution in [1.29, 1.82) is 0 Å². The predicted molar refractivity (Wildman–Crippen MR) is 104 cm³/mol. The SMILES string of the molecule is CCn1cc(Cn2c(=S)[nH]c3sc(-c4ccccc4)cc3c2=O)cn1. The van der Waals surface area contributed by atoms with E-state index < -0.39 is 0 Å². The molecular weight excluding hydrogens is 352 g/mol. The van der Waals surface area contributed by atoms with Crippen LogP contribution >= 0.6 is 23.6 Å². The average Bonchev–Trinajstić information content (AvgIpc) is 3.26. The molecule has 126 valence electrons. The van der Waals surface area contributed by atoms with Crippen molar-refractivity contribution >= 4 is 33.8 Å². The van der Waals surface area contributed by atoms with Crippen LogP contribution in [0.3, 0.4) is 0 Å². The van der Waals surface area contributed by atoms with Crippen LogP contribution in [-0.2, 0) is 13.1 Å². The molecule has 0 saturated heterocycles. The van der Waals surface area contributed by atoms with Crippen LogP contribution < -0.4 is 5.56 Å². The summed E-state index contributed by atoms with van der Waals surface area (Å²) in [7, 11) is 0. The zero-order valence-electron chi connectivity index (χ0n) is 13.6. The fourth-order valence-electron chi connectivity index (χ4n) is 2.78. The number of aromatic nitrogens is 4. The molecular formula is C18H16N4OS2. The van der Waals surface area contributed by atoms with E-state index >= 15 is 0 Å². The lowest BCUT2D eigenvalue weighted by Crippen LogP contribution is -2.21. The van der Waals surface area contributed by atoms with Gasteiger partial charge in [-0.2, -0.15) is 5.10 Å². The van der Waals surface area contributed by atoms with Crippen molar-refractivity contribution in [2.24, 2.45) is 0 Å². The number of aryl methyl sites for hydroxylation is 1. The molecule has 1 aromatic carbocycles. The molecule has 0 amide bonds. The number of H-pyrrole nitrogens is 1. The van der Waals surface area contributed by atoms with Gasteiger partial charge < -0.3 is 4.98 Å². The van der Waals surface area contributed by atoms with E-state index in [0.717, 1.165) is 27.4 Å². The normalized spacial score (nSPS) is 11.2. The largest absolute Gasteiger partial charge is 0.323 e. The Kier molecular flexibility index (Phi) is 4.10. The molecule has 25 heavy (non-hydrogen) atoms. The topological polar surface area (TPSA) is 55.6 Å². The first-order chi connectivity index (χ1) is 12.2. The van der Waals surface area contributed by atoms with Crippen LogP contribution in [0.25, 0.3) is 20.7 Å². The lowest BCUT2D eigenvalue weighted by atomic mass is 10.2. The highest BCUT2D eigenvalue weighted by Crippen LogP contribution is 2.30. The monoisotopic (exact) mass is 368 g/mol. The van der Waals surface area contributed by atoms with Crippen LogP contribution in [0.5, 0.6) is 0 Å². The Labute approximate surface area is 153 Å². The summed E-state index contributed by atoms with van der Waals surface area (Å²) in [4.78, 5) is 18.0. The Hall–Kier alpha value is -2.51. The van der Waals surface area contributed by atoms with Crippen molar-refractivity contribution in [1.82, 2.24) is 19.3 Å². The molecule has 0 fully saturated rings. The summed E-state index contributed by atoms with van der Waals surface area (Å²) in [5.74, 6) is 0. The third kappa shape index (κ3) is 2.96. The number of hydrogen-bond acceptors (Lipinski definition) is 4. The first kappa shape index (κ1) is 16.0. The maximum absolute atomic E-state index is 12.9. The minimum absolute atomic E-state index is 0.0681. The minimum atomic E-state index is -0.0681. The highest BCUT2D eigenvalue weighted by molar-refractivity contribution is 7.71. The summed E-state index contributed by atoms with van der Waals surface area (Å²) in [5.41, 5.74) is 1.99. The van der Waals surface area contributed by atoms with Crippen LogP contribution in [-0.4, -0.2) is 19.3 Å². The molecule has 3 aromatic heterocycles. The molecule has 0 spiro atoms. The Balaban J connectivity index is 1.81. The lowest BCUT2D eigenvalue weighted by molar-refractivity contribution is 0.657. The van der Waals surface area contributed by atoms with E-state index in [9.17, 15) is 4.79 Å². The number of thiophene rings is 1. The number of fused-ring (bicyclic) bond motifs is 1. The molecule has 4 aromatic rings. The highest BCUT2D eigenvalue weighted by atomic mass is 32.1. The molecule has 0 aliphatic carbocycles. The number of nitrogens with zero attached hydrogens (tertiary/aromatic N) is 3. The summed E-state index contributed by atoms with van der Waals surface area (Å²) in [6.45, 7) is 3.24. The van der Waals surface area contributed by atoms with E-state index in [1.807, 2.05) is 54.2 Å². The van der Waals surface area contributed by atoms with Gasteiger partial charge in [0, 0.05) is 23.2 Å². The second kappa shape index (κ2) is 6.42. The van der Waals surface area contributed by atoms with Crippen molar-refractivity contribution in [3.63, 3.8) is 0 Å². The van der Waals surface area contributed by atoms with Gasteiger partial charge in [0.1, 0.15) is 4.83 Å². The third-order valence-corrected chi connectivity index (χ3v) is 5.50. The van der Waals surface area contributed by atoms with Crippen LogP contribution in [0.2, 0.25) is 0 Å². The molecule has 0 aliphatic rings. The predicted octanol–water partition coefficient (Wildman–Crippen LogP) is 4.05. The standard InChI is InChI=1S/C18H16N4OS2/c1-2-21-10-12(9-19-21)11-22-17(23)14-8-15(13-6-4-3-5-7-13)25-16(14)20-18(22)24/h3-10H,2,11H2,1H3,(H,20,24). The quantitative estimate of drug-likeness (QED) is 0.553. The Morgan fingerprint density at radius 1 is 1.28 bits per heavy atom. The van der Waals surface area contributed by atoms with Gasteiger partial charge in [-0.3, -0.25) is 14.0 Å². The molecule has 0 radical (unpaired) electrons. The second-order valence-corrected chi connectivity index (χ2v) is 7.18. The molecule has 1 N–H and O–H groups in total. The molecule has 0 bridgehead atoms. The van der Waals surface area contributed by atoms with Gasteiger partial charge in [-0.15, -0.1) is 11.3 Å². The van der Waals surface area contributed by atoms with E-state index in [1.54, 1.807) is 22.1 Å². The van der Waals surface area contributed by atoms with Crippen molar-refractivity contribution in [3.8, 4) is 10.4 Å². The van der Waals surface area contributed by atoms with Gasteiger partial charge in [-0.25, -0.2) is 0 Å². The third-order valence-electron chi connectivity index (χ3n) is 4.08. The maximum Gasteiger partial charge on any atom is 0.263 e. The zero-order valence-corrected chi connectivity index (χ0v) is 15.2. The van der Waals surface area contributed by atoms with E-state index in [0.29, 0.717) is 16.7 Å². The first-order valence-corrected chi connectivity index (χ1v) is 9.21. The van der Waals surface area contributed by atoms with Gasteiger partial charge in [0.15, 0.2) is 4.77 Å². The number of aromatic amines is 1. The molecule has 0 unspecified atom stereocenters. The average molecular weight is 368 g/mol. The Morgan fingerprint density at radius 2 is 2.08 bits per heavy atom. The van der Waals surface area contributed by atoms with Gasteiger partial charge in [-0.05, 0) is 30.8 Å². The van der Waals surface area contributed by atoms with Gasteiger partial charge in [0.2, 0.25) is 0 Å². The number of nitrogens with one attached hydrogen (secondary N) is 1. The molecule has 0 aliphatic heterocycles. The number of rotatable bonds is 4. The molecule has 5 nitrogen and oxygen atoms in total. The molecule has 4 rings (SSSR count). The smallest absolute Gasteiger partial charge is 0.263 e. The van der Waals surface area contributed by atoms with E-state index in [-0.39, 0.29) is 5.56 Å². The van der Waals surface area contributed by atoms with Crippen molar-refractivity contribution < 1.29 is 0 Å². The Bertz CT molecular complexity index is 1150. The summed E-state index contributed by atoms with van der Waals surface area (Å²) in [5, 5.41) is 4.92.